The predicted octanol–water partition coefficient (Wildman–Crippen LogP) is 0.739. The zero-order valence-electron chi connectivity index (χ0n) is 8.35. The number of nitrogens with one attached hydrogen (secondary N) is 1. The maximum absolute atomic E-state index is 9.16. The molecule has 0 bridgehead atoms. The molecule has 2 N–H and O–H groups in total. The van der Waals surface area contributed by atoms with Crippen LogP contribution in [-0.2, 0) is 6.54 Å². The lowest BCUT2D eigenvalue weighted by Crippen LogP contribution is -2.49. The van der Waals surface area contributed by atoms with Crippen LogP contribution >= 0.6 is 0 Å². The third-order valence-corrected chi connectivity index (χ3v) is 2.75. The molecule has 0 unspecified atom stereocenters. The summed E-state index contributed by atoms with van der Waals surface area (Å²) in [5.74, 6) is 0.975. The number of benzene rings is 1. The van der Waals surface area contributed by atoms with Crippen molar-refractivity contribution in [3.63, 3.8) is 0 Å². The second-order valence-corrected chi connectivity index (χ2v) is 4.05. The summed E-state index contributed by atoms with van der Waals surface area (Å²) in [4.78, 5) is 9.92. The number of rotatable bonds is 2. The second-order valence-electron chi connectivity index (χ2n) is 4.05. The van der Waals surface area contributed by atoms with Gasteiger partial charge in [-0.2, -0.15) is 0 Å². The standard InChI is InChI=1S/C11H13N3O/c15-8-5-14(6-8)7-11-12-9-3-1-2-4-10(9)13-11/h1-4,8,15H,5-7H2,(H,12,13). The molecule has 4 nitrogen and oxygen atoms in total. The number of β-amino-alcohol motifs (C(OH)–C–C–N with tert-alkyl or cyclic N) is 1. The normalized spacial score (nSPS) is 18.2. The van der Waals surface area contributed by atoms with E-state index in [9.17, 15) is 0 Å². The maximum Gasteiger partial charge on any atom is 0.121 e. The van der Waals surface area contributed by atoms with E-state index in [0.29, 0.717) is 0 Å². The van der Waals surface area contributed by atoms with E-state index < -0.39 is 0 Å². The van der Waals surface area contributed by atoms with Gasteiger partial charge in [0.25, 0.3) is 0 Å². The Morgan fingerprint density at radius 3 is 2.93 bits per heavy atom. The molecule has 0 amide bonds. The van der Waals surface area contributed by atoms with Gasteiger partial charge in [0.15, 0.2) is 0 Å². The Bertz CT molecular complexity index is 440. The first-order chi connectivity index (χ1) is 7.31. The molecule has 1 aliphatic rings. The highest BCUT2D eigenvalue weighted by Gasteiger charge is 2.24. The van der Waals surface area contributed by atoms with Crippen LogP contribution in [0.25, 0.3) is 11.0 Å². The third kappa shape index (κ3) is 1.62. The Kier molecular flexibility index (Phi) is 1.97. The van der Waals surface area contributed by atoms with Crippen LogP contribution in [-0.4, -0.2) is 39.2 Å². The third-order valence-electron chi connectivity index (χ3n) is 2.75. The molecule has 1 saturated heterocycles. The molecule has 0 aliphatic carbocycles. The summed E-state index contributed by atoms with van der Waals surface area (Å²) >= 11 is 0. The van der Waals surface area contributed by atoms with Crippen LogP contribution in [0.15, 0.2) is 24.3 Å². The van der Waals surface area contributed by atoms with Gasteiger partial charge in [0.2, 0.25) is 0 Å². The van der Waals surface area contributed by atoms with Crippen molar-refractivity contribution in [2.45, 2.75) is 12.6 Å². The van der Waals surface area contributed by atoms with Gasteiger partial charge >= 0.3 is 0 Å². The minimum atomic E-state index is -0.144. The summed E-state index contributed by atoms with van der Waals surface area (Å²) in [6.45, 7) is 2.32. The average molecular weight is 203 g/mol. The van der Waals surface area contributed by atoms with Gasteiger partial charge in [0, 0.05) is 13.1 Å². The van der Waals surface area contributed by atoms with Gasteiger partial charge < -0.3 is 10.1 Å². The number of imidazole rings is 1. The molecule has 78 valence electrons. The highest BCUT2D eigenvalue weighted by molar-refractivity contribution is 5.74. The summed E-state index contributed by atoms with van der Waals surface area (Å²) in [5, 5.41) is 9.16. The molecule has 2 heterocycles. The number of fused-ring (bicyclic) bond motifs is 1. The van der Waals surface area contributed by atoms with Crippen molar-refractivity contribution < 1.29 is 5.11 Å². The topological polar surface area (TPSA) is 52.1 Å². The van der Waals surface area contributed by atoms with Crippen molar-refractivity contribution in [3.8, 4) is 0 Å². The van der Waals surface area contributed by atoms with Crippen LogP contribution in [0.3, 0.4) is 0 Å². The predicted molar refractivity (Wildman–Crippen MR) is 57.4 cm³/mol. The number of hydrogen-bond acceptors (Lipinski definition) is 3. The zero-order valence-corrected chi connectivity index (χ0v) is 8.35. The van der Waals surface area contributed by atoms with Gasteiger partial charge in [-0.05, 0) is 12.1 Å². The van der Waals surface area contributed by atoms with E-state index in [2.05, 4.69) is 14.9 Å². The Morgan fingerprint density at radius 2 is 2.20 bits per heavy atom. The lowest BCUT2D eigenvalue weighted by Gasteiger charge is -2.34. The van der Waals surface area contributed by atoms with E-state index in [1.807, 2.05) is 24.3 Å². The molecule has 3 rings (SSSR count). The second kappa shape index (κ2) is 3.32. The number of aromatic nitrogens is 2. The summed E-state index contributed by atoms with van der Waals surface area (Å²) in [7, 11) is 0. The number of likely N-dealkylation sites (tertiary alicyclic amines) is 1. The van der Waals surface area contributed by atoms with Gasteiger partial charge in [-0.1, -0.05) is 12.1 Å². The fraction of sp³-hybridized carbons (Fsp3) is 0.364. The van der Waals surface area contributed by atoms with E-state index in [-0.39, 0.29) is 6.10 Å². The quantitative estimate of drug-likeness (QED) is 0.757. The van der Waals surface area contributed by atoms with E-state index in [4.69, 9.17) is 5.11 Å². The van der Waals surface area contributed by atoms with E-state index in [1.165, 1.54) is 0 Å². The first-order valence-corrected chi connectivity index (χ1v) is 5.15. The number of aliphatic hydroxyl groups is 1. The summed E-state index contributed by atoms with van der Waals surface area (Å²) < 4.78 is 0. The number of nitrogens with zero attached hydrogens (tertiary/aromatic N) is 2. The van der Waals surface area contributed by atoms with Crippen LogP contribution in [0, 0.1) is 0 Å². The number of aliphatic hydroxyl groups excluding tert-OH is 1. The van der Waals surface area contributed by atoms with Gasteiger partial charge in [-0.25, -0.2) is 4.98 Å². The first-order valence-electron chi connectivity index (χ1n) is 5.15. The van der Waals surface area contributed by atoms with Crippen LogP contribution in [0.1, 0.15) is 5.82 Å². The monoisotopic (exact) mass is 203 g/mol. The van der Waals surface area contributed by atoms with Crippen molar-refractivity contribution in [1.29, 1.82) is 0 Å². The number of para-hydroxylation sites is 2. The van der Waals surface area contributed by atoms with Crippen molar-refractivity contribution in [2.24, 2.45) is 0 Å². The minimum Gasteiger partial charge on any atom is -0.390 e. The number of aromatic amines is 1. The number of H-pyrrole nitrogens is 1. The Labute approximate surface area is 87.5 Å². The van der Waals surface area contributed by atoms with Crippen molar-refractivity contribution in [3.05, 3.63) is 30.1 Å². The summed E-state index contributed by atoms with van der Waals surface area (Å²) in [5.41, 5.74) is 2.09. The number of hydrogen-bond donors (Lipinski definition) is 2. The molecule has 0 radical (unpaired) electrons. The van der Waals surface area contributed by atoms with Crippen molar-refractivity contribution in [1.82, 2.24) is 14.9 Å². The minimum absolute atomic E-state index is 0.144. The first kappa shape index (κ1) is 8.88. The van der Waals surface area contributed by atoms with E-state index in [0.717, 1.165) is 36.5 Å². The lowest BCUT2D eigenvalue weighted by molar-refractivity contribution is -0.00409. The summed E-state index contributed by atoms with van der Waals surface area (Å²) in [6, 6.07) is 8.01. The maximum atomic E-state index is 9.16. The largest absolute Gasteiger partial charge is 0.390 e. The molecule has 1 fully saturated rings. The molecule has 0 spiro atoms. The fourth-order valence-electron chi connectivity index (χ4n) is 1.96. The Balaban J connectivity index is 1.80. The molecule has 15 heavy (non-hydrogen) atoms. The molecule has 1 aliphatic heterocycles. The smallest absolute Gasteiger partial charge is 0.121 e. The summed E-state index contributed by atoms with van der Waals surface area (Å²) in [6.07, 6.45) is -0.144. The molecule has 4 heteroatoms. The van der Waals surface area contributed by atoms with Crippen molar-refractivity contribution >= 4 is 11.0 Å². The highest BCUT2D eigenvalue weighted by atomic mass is 16.3. The van der Waals surface area contributed by atoms with Gasteiger partial charge in [-0.15, -0.1) is 0 Å². The molecule has 1 aromatic heterocycles. The Morgan fingerprint density at radius 1 is 1.40 bits per heavy atom. The zero-order chi connectivity index (χ0) is 10.3. The molecule has 1 aromatic carbocycles. The fourth-order valence-corrected chi connectivity index (χ4v) is 1.96. The molecule has 2 aromatic rings. The van der Waals surface area contributed by atoms with Gasteiger partial charge in [0.1, 0.15) is 5.82 Å². The average Bonchev–Trinajstić information content (AvgIpc) is 2.57. The molecule has 0 atom stereocenters. The molecule has 0 saturated carbocycles. The SMILES string of the molecule is OC1CN(Cc2nc3ccccc3[nH]2)C1. The van der Waals surface area contributed by atoms with Gasteiger partial charge in [0.05, 0.1) is 23.7 Å². The van der Waals surface area contributed by atoms with Crippen LogP contribution in [0.5, 0.6) is 0 Å². The van der Waals surface area contributed by atoms with Crippen LogP contribution < -0.4 is 0 Å². The Hall–Kier alpha value is -1.39. The highest BCUT2D eigenvalue weighted by Crippen LogP contribution is 2.14. The molecular weight excluding hydrogens is 190 g/mol. The van der Waals surface area contributed by atoms with Gasteiger partial charge in [-0.3, -0.25) is 4.90 Å². The van der Waals surface area contributed by atoms with Crippen molar-refractivity contribution in [2.75, 3.05) is 13.1 Å². The van der Waals surface area contributed by atoms with E-state index in [1.54, 1.807) is 0 Å². The lowest BCUT2D eigenvalue weighted by atomic mass is 10.2. The molecular formula is C11H13N3O. The van der Waals surface area contributed by atoms with Crippen LogP contribution in [0.2, 0.25) is 0 Å². The van der Waals surface area contributed by atoms with E-state index >= 15 is 0 Å². The van der Waals surface area contributed by atoms with Crippen LogP contribution in [0.4, 0.5) is 0 Å².